The number of fused-ring (bicyclic) bond motifs is 1. The molecule has 0 aromatic heterocycles. The molecule has 0 spiro atoms. The highest BCUT2D eigenvalue weighted by Crippen LogP contribution is 2.38. The maximum absolute atomic E-state index is 3.31. The van der Waals surface area contributed by atoms with Crippen LogP contribution in [-0.2, 0) is 0 Å². The first-order valence-electron chi connectivity index (χ1n) is 11.8. The molecule has 4 heteroatoms. The smallest absolute Gasteiger partial charge is 0.0907 e. The van der Waals surface area contributed by atoms with Crippen molar-refractivity contribution in [1.82, 2.24) is 10.2 Å². The van der Waals surface area contributed by atoms with E-state index in [9.17, 15) is 0 Å². The Hall–Kier alpha value is -1.26. The van der Waals surface area contributed by atoms with Crippen LogP contribution in [0.5, 0.6) is 0 Å². The van der Waals surface area contributed by atoms with Crippen molar-refractivity contribution in [3.8, 4) is 0 Å². The minimum absolute atomic E-state index is 0.703. The minimum Gasteiger partial charge on any atom is -0.351 e. The van der Waals surface area contributed by atoms with Crippen molar-refractivity contribution in [2.75, 3.05) is 56.2 Å². The number of rotatable bonds is 6. The highest BCUT2D eigenvalue weighted by Gasteiger charge is 2.32. The summed E-state index contributed by atoms with van der Waals surface area (Å²) in [6.45, 7) is 7.13. The minimum atomic E-state index is 0.703. The van der Waals surface area contributed by atoms with Crippen LogP contribution in [0, 0.1) is 5.92 Å². The first-order valence-corrected chi connectivity index (χ1v) is 11.8. The van der Waals surface area contributed by atoms with Gasteiger partial charge < -0.3 is 20.0 Å². The SMILES string of the molecule is CNCCN1CN(C2CCN(CC3CCCCCCC3)CC2)c2ccccc21. The largest absolute Gasteiger partial charge is 0.351 e. The fraction of sp³-hybridized carbons (Fsp3) is 0.750. The van der Waals surface area contributed by atoms with Crippen LogP contribution in [0.2, 0.25) is 0 Å². The summed E-state index contributed by atoms with van der Waals surface area (Å²) in [5.41, 5.74) is 2.88. The van der Waals surface area contributed by atoms with Gasteiger partial charge in [-0.15, -0.1) is 0 Å². The molecule has 1 aromatic carbocycles. The average Bonchev–Trinajstić information content (AvgIpc) is 3.08. The molecular formula is C24H40N4. The molecular weight excluding hydrogens is 344 g/mol. The zero-order chi connectivity index (χ0) is 19.2. The Morgan fingerprint density at radius 2 is 1.57 bits per heavy atom. The third-order valence-electron chi connectivity index (χ3n) is 7.23. The number of hydrogen-bond donors (Lipinski definition) is 1. The molecule has 0 unspecified atom stereocenters. The molecule has 1 aromatic rings. The van der Waals surface area contributed by atoms with Gasteiger partial charge in [0, 0.05) is 38.8 Å². The van der Waals surface area contributed by atoms with Gasteiger partial charge in [-0.2, -0.15) is 0 Å². The van der Waals surface area contributed by atoms with Gasteiger partial charge >= 0.3 is 0 Å². The molecule has 4 rings (SSSR count). The maximum Gasteiger partial charge on any atom is 0.0907 e. The van der Waals surface area contributed by atoms with E-state index < -0.39 is 0 Å². The van der Waals surface area contributed by atoms with Crippen LogP contribution in [0.4, 0.5) is 11.4 Å². The first kappa shape index (κ1) is 20.0. The summed E-state index contributed by atoms with van der Waals surface area (Å²) in [7, 11) is 2.05. The Balaban J connectivity index is 1.31. The highest BCUT2D eigenvalue weighted by atomic mass is 15.4. The third kappa shape index (κ3) is 4.83. The number of para-hydroxylation sites is 2. The monoisotopic (exact) mass is 384 g/mol. The third-order valence-corrected chi connectivity index (χ3v) is 7.23. The Kier molecular flexibility index (Phi) is 7.14. The lowest BCUT2D eigenvalue weighted by atomic mass is 9.90. The highest BCUT2D eigenvalue weighted by molar-refractivity contribution is 5.76. The van der Waals surface area contributed by atoms with Crippen molar-refractivity contribution < 1.29 is 0 Å². The topological polar surface area (TPSA) is 21.8 Å². The van der Waals surface area contributed by atoms with Gasteiger partial charge in [0.05, 0.1) is 18.0 Å². The van der Waals surface area contributed by atoms with Crippen LogP contribution >= 0.6 is 0 Å². The Bertz CT molecular complexity index is 588. The maximum atomic E-state index is 3.31. The summed E-state index contributed by atoms with van der Waals surface area (Å²) in [6.07, 6.45) is 12.9. The van der Waals surface area contributed by atoms with Crippen LogP contribution in [0.3, 0.4) is 0 Å². The molecule has 1 aliphatic carbocycles. The standard InChI is InChI=1S/C24H40N4/c1-25-15-18-27-20-28(24-12-8-7-11-23(24)27)22-13-16-26(17-14-22)19-21-9-5-3-2-4-6-10-21/h7-8,11-12,21-22,25H,2-6,9-10,13-20H2,1H3. The van der Waals surface area contributed by atoms with Crippen LogP contribution in [-0.4, -0.2) is 57.4 Å². The zero-order valence-electron chi connectivity index (χ0n) is 17.9. The zero-order valence-corrected chi connectivity index (χ0v) is 17.9. The molecule has 1 N–H and O–H groups in total. The number of anilines is 2. The van der Waals surface area contributed by atoms with Crippen molar-refractivity contribution in [1.29, 1.82) is 0 Å². The molecule has 0 bridgehead atoms. The molecule has 0 atom stereocenters. The summed E-state index contributed by atoms with van der Waals surface area (Å²) in [5, 5.41) is 3.31. The Morgan fingerprint density at radius 1 is 0.893 bits per heavy atom. The van der Waals surface area contributed by atoms with Crippen molar-refractivity contribution in [2.24, 2.45) is 5.92 Å². The van der Waals surface area contributed by atoms with E-state index >= 15 is 0 Å². The van der Waals surface area contributed by atoms with E-state index in [4.69, 9.17) is 0 Å². The van der Waals surface area contributed by atoms with E-state index in [0.29, 0.717) is 6.04 Å². The van der Waals surface area contributed by atoms with Gasteiger partial charge in [0.15, 0.2) is 0 Å². The number of likely N-dealkylation sites (N-methyl/N-ethyl adjacent to an activating group) is 1. The second kappa shape index (κ2) is 9.98. The summed E-state index contributed by atoms with van der Waals surface area (Å²) >= 11 is 0. The molecule has 1 saturated heterocycles. The van der Waals surface area contributed by atoms with E-state index in [1.807, 2.05) is 7.05 Å². The fourth-order valence-electron chi connectivity index (χ4n) is 5.56. The first-order chi connectivity index (χ1) is 13.8. The van der Waals surface area contributed by atoms with Gasteiger partial charge in [0.2, 0.25) is 0 Å². The lowest BCUT2D eigenvalue weighted by molar-refractivity contribution is 0.167. The number of nitrogens with one attached hydrogen (secondary N) is 1. The molecule has 2 fully saturated rings. The lowest BCUT2D eigenvalue weighted by Gasteiger charge is -2.39. The van der Waals surface area contributed by atoms with E-state index in [-0.39, 0.29) is 0 Å². The van der Waals surface area contributed by atoms with Crippen molar-refractivity contribution >= 4 is 11.4 Å². The molecule has 2 heterocycles. The molecule has 0 radical (unpaired) electrons. The van der Waals surface area contributed by atoms with Crippen molar-refractivity contribution in [3.05, 3.63) is 24.3 Å². The van der Waals surface area contributed by atoms with Gasteiger partial charge in [-0.1, -0.05) is 44.2 Å². The second-order valence-corrected chi connectivity index (χ2v) is 9.21. The summed E-state index contributed by atoms with van der Waals surface area (Å²) in [5.74, 6) is 0.960. The molecule has 3 aliphatic rings. The number of nitrogens with zero attached hydrogens (tertiary/aromatic N) is 3. The van der Waals surface area contributed by atoms with Crippen LogP contribution in [0.25, 0.3) is 0 Å². The Labute approximate surface area is 172 Å². The predicted octanol–water partition coefficient (Wildman–Crippen LogP) is 4.31. The van der Waals surface area contributed by atoms with Gasteiger partial charge in [-0.25, -0.2) is 0 Å². The van der Waals surface area contributed by atoms with E-state index in [0.717, 1.165) is 25.7 Å². The molecule has 0 amide bonds. The van der Waals surface area contributed by atoms with Gasteiger partial charge in [0.25, 0.3) is 0 Å². The van der Waals surface area contributed by atoms with E-state index in [2.05, 4.69) is 44.3 Å². The molecule has 1 saturated carbocycles. The predicted molar refractivity (Wildman–Crippen MR) is 120 cm³/mol. The average molecular weight is 385 g/mol. The van der Waals surface area contributed by atoms with Crippen molar-refractivity contribution in [3.63, 3.8) is 0 Å². The lowest BCUT2D eigenvalue weighted by Crippen LogP contribution is -2.47. The van der Waals surface area contributed by atoms with Crippen LogP contribution < -0.4 is 15.1 Å². The normalized spacial score (nSPS) is 22.9. The Morgan fingerprint density at radius 3 is 2.29 bits per heavy atom. The fourth-order valence-corrected chi connectivity index (χ4v) is 5.56. The van der Waals surface area contributed by atoms with Gasteiger partial charge in [0.1, 0.15) is 0 Å². The van der Waals surface area contributed by atoms with E-state index in [1.165, 1.54) is 88.8 Å². The van der Waals surface area contributed by atoms with Gasteiger partial charge in [-0.3, -0.25) is 0 Å². The number of likely N-dealkylation sites (tertiary alicyclic amines) is 1. The van der Waals surface area contributed by atoms with Gasteiger partial charge in [-0.05, 0) is 50.8 Å². The number of piperidine rings is 1. The van der Waals surface area contributed by atoms with Crippen LogP contribution in [0.15, 0.2) is 24.3 Å². The molecule has 156 valence electrons. The summed E-state index contributed by atoms with van der Waals surface area (Å²) in [6, 6.07) is 9.72. The number of benzene rings is 1. The molecule has 28 heavy (non-hydrogen) atoms. The summed E-state index contributed by atoms with van der Waals surface area (Å²) in [4.78, 5) is 8.02. The quantitative estimate of drug-likeness (QED) is 0.789. The van der Waals surface area contributed by atoms with Crippen LogP contribution in [0.1, 0.15) is 57.8 Å². The molecule has 2 aliphatic heterocycles. The van der Waals surface area contributed by atoms with E-state index in [1.54, 1.807) is 0 Å². The second-order valence-electron chi connectivity index (χ2n) is 9.21. The number of hydrogen-bond acceptors (Lipinski definition) is 4. The van der Waals surface area contributed by atoms with Crippen molar-refractivity contribution in [2.45, 2.75) is 63.8 Å². The summed E-state index contributed by atoms with van der Waals surface area (Å²) < 4.78 is 0. The molecule has 4 nitrogen and oxygen atoms in total.